The number of anilines is 1. The standard InChI is InChI=1S/C20H19BrClN3/c1-13-17(22)6-4-7-18(13)25-20-16(5-2-3-12-23-20)19(24-25)14-8-10-15(21)11-9-14/h4,6-11,23H,2-3,5,12H2,1H3. The van der Waals surface area contributed by atoms with Crippen LogP contribution in [-0.2, 0) is 6.42 Å². The summed E-state index contributed by atoms with van der Waals surface area (Å²) >= 11 is 9.87. The Balaban J connectivity index is 1.93. The van der Waals surface area contributed by atoms with Gasteiger partial charge in [-0.25, -0.2) is 4.68 Å². The van der Waals surface area contributed by atoms with Crippen molar-refractivity contribution in [2.75, 3.05) is 11.9 Å². The molecule has 0 saturated heterocycles. The summed E-state index contributed by atoms with van der Waals surface area (Å²) in [5.41, 5.74) is 5.56. The molecule has 0 saturated carbocycles. The fourth-order valence-corrected chi connectivity index (χ4v) is 3.78. The van der Waals surface area contributed by atoms with Crippen molar-refractivity contribution in [2.24, 2.45) is 0 Å². The van der Waals surface area contributed by atoms with Crippen molar-refractivity contribution in [2.45, 2.75) is 26.2 Å². The zero-order chi connectivity index (χ0) is 17.4. The van der Waals surface area contributed by atoms with Gasteiger partial charge in [-0.2, -0.15) is 5.10 Å². The first kappa shape index (κ1) is 16.7. The lowest BCUT2D eigenvalue weighted by Crippen LogP contribution is -2.08. The fraction of sp³-hybridized carbons (Fsp3) is 0.250. The third-order valence-electron chi connectivity index (χ3n) is 4.71. The van der Waals surface area contributed by atoms with E-state index in [4.69, 9.17) is 16.7 Å². The average Bonchev–Trinajstić information content (AvgIpc) is 2.80. The molecule has 0 atom stereocenters. The zero-order valence-corrected chi connectivity index (χ0v) is 16.4. The van der Waals surface area contributed by atoms with Gasteiger partial charge in [-0.15, -0.1) is 0 Å². The molecule has 1 N–H and O–H groups in total. The van der Waals surface area contributed by atoms with Crippen molar-refractivity contribution >= 4 is 33.3 Å². The Morgan fingerprint density at radius 3 is 2.72 bits per heavy atom. The second-order valence-corrected chi connectivity index (χ2v) is 7.69. The summed E-state index contributed by atoms with van der Waals surface area (Å²) < 4.78 is 3.10. The second-order valence-electron chi connectivity index (χ2n) is 6.36. The largest absolute Gasteiger partial charge is 0.370 e. The minimum absolute atomic E-state index is 0.764. The van der Waals surface area contributed by atoms with Crippen LogP contribution in [0.5, 0.6) is 0 Å². The van der Waals surface area contributed by atoms with Crippen molar-refractivity contribution < 1.29 is 0 Å². The first-order valence-corrected chi connectivity index (χ1v) is 9.69. The Labute approximate surface area is 161 Å². The van der Waals surface area contributed by atoms with E-state index >= 15 is 0 Å². The van der Waals surface area contributed by atoms with E-state index in [-0.39, 0.29) is 0 Å². The lowest BCUT2D eigenvalue weighted by Gasteiger charge is -2.12. The lowest BCUT2D eigenvalue weighted by molar-refractivity contribution is 0.779. The summed E-state index contributed by atoms with van der Waals surface area (Å²) in [5.74, 6) is 1.10. The predicted octanol–water partition coefficient (Wildman–Crippen LogP) is 6.01. The summed E-state index contributed by atoms with van der Waals surface area (Å²) in [4.78, 5) is 0. The van der Waals surface area contributed by atoms with Crippen molar-refractivity contribution in [1.29, 1.82) is 0 Å². The van der Waals surface area contributed by atoms with Crippen LogP contribution in [0, 0.1) is 6.92 Å². The van der Waals surface area contributed by atoms with Crippen LogP contribution < -0.4 is 5.32 Å². The molecule has 1 aliphatic rings. The van der Waals surface area contributed by atoms with Crippen LogP contribution in [-0.4, -0.2) is 16.3 Å². The van der Waals surface area contributed by atoms with Gasteiger partial charge >= 0.3 is 0 Å². The van der Waals surface area contributed by atoms with E-state index in [9.17, 15) is 0 Å². The zero-order valence-electron chi connectivity index (χ0n) is 14.0. The summed E-state index contributed by atoms with van der Waals surface area (Å²) in [7, 11) is 0. The van der Waals surface area contributed by atoms with Crippen molar-refractivity contribution in [3.8, 4) is 16.9 Å². The van der Waals surface area contributed by atoms with Crippen LogP contribution in [0.25, 0.3) is 16.9 Å². The van der Waals surface area contributed by atoms with Gasteiger partial charge in [0.15, 0.2) is 0 Å². The molecule has 0 aliphatic carbocycles. The number of aromatic nitrogens is 2. The van der Waals surface area contributed by atoms with Gasteiger partial charge in [0.05, 0.1) is 11.4 Å². The third kappa shape index (κ3) is 3.09. The van der Waals surface area contributed by atoms with Crippen molar-refractivity contribution in [3.05, 3.63) is 63.1 Å². The molecular weight excluding hydrogens is 398 g/mol. The summed E-state index contributed by atoms with van der Waals surface area (Å²) in [6.07, 6.45) is 3.38. The van der Waals surface area contributed by atoms with Gasteiger partial charge in [0.2, 0.25) is 0 Å². The molecule has 2 aromatic carbocycles. The number of hydrogen-bond donors (Lipinski definition) is 1. The number of halogens is 2. The molecule has 0 unspecified atom stereocenters. The first-order valence-electron chi connectivity index (χ1n) is 8.52. The Kier molecular flexibility index (Phi) is 4.57. The van der Waals surface area contributed by atoms with Crippen LogP contribution in [0.3, 0.4) is 0 Å². The summed E-state index contributed by atoms with van der Waals surface area (Å²) in [5, 5.41) is 9.34. The smallest absolute Gasteiger partial charge is 0.133 e. The van der Waals surface area contributed by atoms with Crippen LogP contribution in [0.4, 0.5) is 5.82 Å². The van der Waals surface area contributed by atoms with Crippen LogP contribution in [0.2, 0.25) is 5.02 Å². The van der Waals surface area contributed by atoms with E-state index < -0.39 is 0 Å². The van der Waals surface area contributed by atoms with Gasteiger partial charge < -0.3 is 5.32 Å². The van der Waals surface area contributed by atoms with Crippen LogP contribution >= 0.6 is 27.5 Å². The predicted molar refractivity (Wildman–Crippen MR) is 108 cm³/mol. The van der Waals surface area contributed by atoms with Gasteiger partial charge in [-0.05, 0) is 56.0 Å². The summed E-state index contributed by atoms with van der Waals surface area (Å²) in [6.45, 7) is 3.01. The van der Waals surface area contributed by atoms with Gasteiger partial charge in [-0.1, -0.05) is 45.7 Å². The average molecular weight is 417 g/mol. The highest BCUT2D eigenvalue weighted by atomic mass is 79.9. The summed E-state index contributed by atoms with van der Waals surface area (Å²) in [6, 6.07) is 14.3. The maximum absolute atomic E-state index is 6.35. The van der Waals surface area contributed by atoms with E-state index in [1.54, 1.807) is 0 Å². The number of benzene rings is 2. The molecule has 3 nitrogen and oxygen atoms in total. The minimum Gasteiger partial charge on any atom is -0.370 e. The molecule has 3 aromatic rings. The topological polar surface area (TPSA) is 29.9 Å². The molecule has 2 heterocycles. The number of rotatable bonds is 2. The molecule has 0 bridgehead atoms. The minimum atomic E-state index is 0.764. The lowest BCUT2D eigenvalue weighted by atomic mass is 10.0. The van der Waals surface area contributed by atoms with E-state index in [1.807, 2.05) is 23.7 Å². The van der Waals surface area contributed by atoms with Crippen LogP contribution in [0.1, 0.15) is 24.0 Å². The van der Waals surface area contributed by atoms with E-state index in [1.165, 1.54) is 18.4 Å². The Morgan fingerprint density at radius 1 is 1.12 bits per heavy atom. The van der Waals surface area contributed by atoms with E-state index in [2.05, 4.69) is 51.6 Å². The van der Waals surface area contributed by atoms with Crippen molar-refractivity contribution in [1.82, 2.24) is 9.78 Å². The molecule has 0 amide bonds. The molecule has 25 heavy (non-hydrogen) atoms. The number of nitrogens with zero attached hydrogens (tertiary/aromatic N) is 2. The monoisotopic (exact) mass is 415 g/mol. The Morgan fingerprint density at radius 2 is 1.92 bits per heavy atom. The quantitative estimate of drug-likeness (QED) is 0.554. The first-order chi connectivity index (χ1) is 12.1. The molecule has 0 radical (unpaired) electrons. The SMILES string of the molecule is Cc1c(Cl)cccc1-n1nc(-c2ccc(Br)cc2)c2c1NCCCC2. The highest BCUT2D eigenvalue weighted by molar-refractivity contribution is 9.10. The maximum Gasteiger partial charge on any atom is 0.133 e. The Bertz CT molecular complexity index is 915. The van der Waals surface area contributed by atoms with Crippen molar-refractivity contribution in [3.63, 3.8) is 0 Å². The number of fused-ring (bicyclic) bond motifs is 1. The number of nitrogens with one attached hydrogen (secondary N) is 1. The molecule has 1 aromatic heterocycles. The third-order valence-corrected chi connectivity index (χ3v) is 5.65. The second kappa shape index (κ2) is 6.85. The fourth-order valence-electron chi connectivity index (χ4n) is 3.34. The molecular formula is C20H19BrClN3. The molecule has 5 heteroatoms. The van der Waals surface area contributed by atoms with E-state index in [0.717, 1.165) is 50.8 Å². The van der Waals surface area contributed by atoms with Crippen LogP contribution in [0.15, 0.2) is 46.9 Å². The normalized spacial score (nSPS) is 13.9. The van der Waals surface area contributed by atoms with Gasteiger partial charge in [0.25, 0.3) is 0 Å². The molecule has 0 fully saturated rings. The van der Waals surface area contributed by atoms with Gasteiger partial charge in [-0.3, -0.25) is 0 Å². The molecule has 0 spiro atoms. The molecule has 1 aliphatic heterocycles. The Hall–Kier alpha value is -1.78. The number of hydrogen-bond acceptors (Lipinski definition) is 2. The highest BCUT2D eigenvalue weighted by Crippen LogP contribution is 2.35. The molecule has 128 valence electrons. The molecule has 4 rings (SSSR count). The highest BCUT2D eigenvalue weighted by Gasteiger charge is 2.22. The van der Waals surface area contributed by atoms with Gasteiger partial charge in [0.1, 0.15) is 5.82 Å². The van der Waals surface area contributed by atoms with E-state index in [0.29, 0.717) is 0 Å². The maximum atomic E-state index is 6.35. The van der Waals surface area contributed by atoms with Gasteiger partial charge in [0, 0.05) is 27.2 Å².